The van der Waals surface area contributed by atoms with E-state index in [4.69, 9.17) is 16.6 Å². The Morgan fingerprint density at radius 1 is 1.13 bits per heavy atom. The van der Waals surface area contributed by atoms with Gasteiger partial charge in [-0.3, -0.25) is 4.79 Å². The number of carbonyl (C=O) groups excluding carboxylic acids is 1. The summed E-state index contributed by atoms with van der Waals surface area (Å²) < 4.78 is 0. The number of nitrogens with one attached hydrogen (secondary N) is 2. The number of aromatic nitrogens is 3. The first-order chi connectivity index (χ1) is 14.7. The van der Waals surface area contributed by atoms with E-state index < -0.39 is 0 Å². The molecule has 7 heteroatoms. The van der Waals surface area contributed by atoms with Gasteiger partial charge in [-0.2, -0.15) is 0 Å². The van der Waals surface area contributed by atoms with Gasteiger partial charge in [-0.1, -0.05) is 42.6 Å². The molecule has 0 unspecified atom stereocenters. The average Bonchev–Trinajstić information content (AvgIpc) is 3.45. The summed E-state index contributed by atoms with van der Waals surface area (Å²) >= 11 is 6.44. The van der Waals surface area contributed by atoms with Crippen molar-refractivity contribution >= 4 is 34.4 Å². The fourth-order valence-corrected chi connectivity index (χ4v) is 4.94. The van der Waals surface area contributed by atoms with Gasteiger partial charge in [-0.15, -0.1) is 0 Å². The summed E-state index contributed by atoms with van der Waals surface area (Å²) in [5.74, 6) is 1.20. The molecule has 0 radical (unpaired) electrons. The average molecular weight is 424 g/mol. The Morgan fingerprint density at radius 2 is 1.90 bits per heavy atom. The molecule has 2 aromatic heterocycles. The van der Waals surface area contributed by atoms with Crippen molar-refractivity contribution in [2.75, 3.05) is 18.4 Å². The van der Waals surface area contributed by atoms with Crippen molar-refractivity contribution < 1.29 is 4.79 Å². The third kappa shape index (κ3) is 3.76. The van der Waals surface area contributed by atoms with Crippen LogP contribution in [0.2, 0.25) is 5.02 Å². The number of H-pyrrole nitrogens is 1. The number of piperidine rings is 1. The van der Waals surface area contributed by atoms with Crippen LogP contribution >= 0.6 is 11.6 Å². The Morgan fingerprint density at radius 3 is 2.70 bits per heavy atom. The number of nitrogens with zero attached hydrogens (tertiary/aromatic N) is 3. The highest BCUT2D eigenvalue weighted by molar-refractivity contribution is 6.33. The van der Waals surface area contributed by atoms with E-state index >= 15 is 0 Å². The number of fused-ring (bicyclic) bond motifs is 1. The monoisotopic (exact) mass is 423 g/mol. The SMILES string of the molecule is O=C(C1CCCC1)N1CCC(Nc2ncc(Cl)c(-c3c[nH]c4ccccc34)n2)CC1. The second-order valence-electron chi connectivity index (χ2n) is 8.36. The van der Waals surface area contributed by atoms with Crippen molar-refractivity contribution in [2.24, 2.45) is 5.92 Å². The Hall–Kier alpha value is -2.60. The molecule has 1 saturated carbocycles. The first-order valence-corrected chi connectivity index (χ1v) is 11.2. The number of anilines is 1. The molecule has 3 heterocycles. The minimum Gasteiger partial charge on any atom is -0.360 e. The van der Waals surface area contributed by atoms with E-state index in [2.05, 4.69) is 21.4 Å². The summed E-state index contributed by atoms with van der Waals surface area (Å²) in [6.45, 7) is 1.60. The molecule has 156 valence electrons. The molecular weight excluding hydrogens is 398 g/mol. The maximum Gasteiger partial charge on any atom is 0.225 e. The van der Waals surface area contributed by atoms with E-state index in [1.165, 1.54) is 12.8 Å². The van der Waals surface area contributed by atoms with Crippen LogP contribution in [-0.4, -0.2) is 44.9 Å². The molecule has 2 aliphatic rings. The fourth-order valence-electron chi connectivity index (χ4n) is 4.75. The summed E-state index contributed by atoms with van der Waals surface area (Å²) in [6, 6.07) is 8.36. The Balaban J connectivity index is 1.27. The second-order valence-corrected chi connectivity index (χ2v) is 8.77. The Labute approximate surface area is 181 Å². The molecule has 30 heavy (non-hydrogen) atoms. The van der Waals surface area contributed by atoms with Gasteiger partial charge in [0.2, 0.25) is 11.9 Å². The Kier molecular flexibility index (Phi) is 5.34. The summed E-state index contributed by atoms with van der Waals surface area (Å²) in [5.41, 5.74) is 2.74. The number of aromatic amines is 1. The van der Waals surface area contributed by atoms with Gasteiger partial charge in [0.25, 0.3) is 0 Å². The van der Waals surface area contributed by atoms with Crippen LogP contribution in [0.4, 0.5) is 5.95 Å². The number of para-hydroxylation sites is 1. The lowest BCUT2D eigenvalue weighted by Gasteiger charge is -2.34. The van der Waals surface area contributed by atoms with Crippen molar-refractivity contribution in [1.29, 1.82) is 0 Å². The molecule has 0 atom stereocenters. The summed E-state index contributed by atoms with van der Waals surface area (Å²) in [5, 5.41) is 5.07. The topological polar surface area (TPSA) is 73.9 Å². The number of benzene rings is 1. The largest absolute Gasteiger partial charge is 0.360 e. The van der Waals surface area contributed by atoms with Gasteiger partial charge in [0.05, 0.1) is 16.9 Å². The lowest BCUT2D eigenvalue weighted by molar-refractivity contribution is -0.136. The molecule has 1 saturated heterocycles. The van der Waals surface area contributed by atoms with Crippen LogP contribution in [0.5, 0.6) is 0 Å². The van der Waals surface area contributed by atoms with E-state index in [9.17, 15) is 4.79 Å². The molecule has 5 rings (SSSR count). The summed E-state index contributed by atoms with van der Waals surface area (Å²) in [7, 11) is 0. The smallest absolute Gasteiger partial charge is 0.225 e. The first-order valence-electron chi connectivity index (χ1n) is 10.8. The van der Waals surface area contributed by atoms with Crippen LogP contribution < -0.4 is 5.32 Å². The highest BCUT2D eigenvalue weighted by Crippen LogP contribution is 2.33. The zero-order chi connectivity index (χ0) is 20.5. The number of likely N-dealkylation sites (tertiary alicyclic amines) is 1. The number of rotatable bonds is 4. The molecule has 1 aromatic carbocycles. The van der Waals surface area contributed by atoms with Gasteiger partial charge < -0.3 is 15.2 Å². The number of halogens is 1. The molecule has 6 nitrogen and oxygen atoms in total. The first kappa shape index (κ1) is 19.4. The molecular formula is C23H26ClN5O. The maximum atomic E-state index is 12.6. The van der Waals surface area contributed by atoms with Crippen LogP contribution in [0.25, 0.3) is 22.2 Å². The molecule has 1 aliphatic carbocycles. The van der Waals surface area contributed by atoms with Crippen molar-refractivity contribution in [3.05, 3.63) is 41.7 Å². The fraction of sp³-hybridized carbons (Fsp3) is 0.435. The lowest BCUT2D eigenvalue weighted by atomic mass is 10.0. The quantitative estimate of drug-likeness (QED) is 0.627. The lowest BCUT2D eigenvalue weighted by Crippen LogP contribution is -2.44. The standard InChI is InChI=1S/C23H26ClN5O/c24-19-14-26-23(28-21(19)18-13-25-20-8-4-3-7-17(18)20)27-16-9-11-29(12-10-16)22(30)15-5-1-2-6-15/h3-4,7-8,13-16,25H,1-2,5-6,9-12H2,(H,26,27,28). The predicted molar refractivity (Wildman–Crippen MR) is 120 cm³/mol. The number of carbonyl (C=O) groups is 1. The van der Waals surface area contributed by atoms with E-state index in [-0.39, 0.29) is 12.0 Å². The minimum absolute atomic E-state index is 0.257. The molecule has 1 aliphatic heterocycles. The number of amides is 1. The zero-order valence-electron chi connectivity index (χ0n) is 16.9. The third-order valence-corrected chi connectivity index (χ3v) is 6.71. The van der Waals surface area contributed by atoms with Crippen LogP contribution in [0.1, 0.15) is 38.5 Å². The van der Waals surface area contributed by atoms with Gasteiger partial charge in [0.15, 0.2) is 0 Å². The summed E-state index contributed by atoms with van der Waals surface area (Å²) in [6.07, 6.45) is 9.93. The number of hydrogen-bond acceptors (Lipinski definition) is 4. The highest BCUT2D eigenvalue weighted by atomic mass is 35.5. The van der Waals surface area contributed by atoms with Crippen LogP contribution in [0.3, 0.4) is 0 Å². The number of hydrogen-bond donors (Lipinski definition) is 2. The minimum atomic E-state index is 0.257. The van der Waals surface area contributed by atoms with E-state index in [1.54, 1.807) is 6.20 Å². The van der Waals surface area contributed by atoms with Crippen molar-refractivity contribution in [1.82, 2.24) is 19.9 Å². The molecule has 2 N–H and O–H groups in total. The van der Waals surface area contributed by atoms with Gasteiger partial charge in [0, 0.05) is 47.7 Å². The van der Waals surface area contributed by atoms with Crippen LogP contribution in [0.15, 0.2) is 36.7 Å². The van der Waals surface area contributed by atoms with Crippen molar-refractivity contribution in [3.63, 3.8) is 0 Å². The molecule has 2 fully saturated rings. The molecule has 3 aromatic rings. The van der Waals surface area contributed by atoms with Gasteiger partial charge in [-0.25, -0.2) is 9.97 Å². The maximum absolute atomic E-state index is 12.6. The molecule has 1 amide bonds. The zero-order valence-corrected chi connectivity index (χ0v) is 17.7. The second kappa shape index (κ2) is 8.26. The van der Waals surface area contributed by atoms with Gasteiger partial charge in [0.1, 0.15) is 0 Å². The van der Waals surface area contributed by atoms with E-state index in [1.807, 2.05) is 29.3 Å². The van der Waals surface area contributed by atoms with E-state index in [0.29, 0.717) is 16.9 Å². The van der Waals surface area contributed by atoms with Crippen LogP contribution in [0, 0.1) is 5.92 Å². The van der Waals surface area contributed by atoms with Crippen molar-refractivity contribution in [3.8, 4) is 11.3 Å². The van der Waals surface area contributed by atoms with Gasteiger partial charge in [-0.05, 0) is 31.7 Å². The van der Waals surface area contributed by atoms with Crippen molar-refractivity contribution in [2.45, 2.75) is 44.6 Å². The Bertz CT molecular complexity index is 1050. The highest BCUT2D eigenvalue weighted by Gasteiger charge is 2.30. The molecule has 0 bridgehead atoms. The van der Waals surface area contributed by atoms with E-state index in [0.717, 1.165) is 60.9 Å². The van der Waals surface area contributed by atoms with Gasteiger partial charge >= 0.3 is 0 Å². The normalized spacial score (nSPS) is 18.2. The van der Waals surface area contributed by atoms with Crippen LogP contribution in [-0.2, 0) is 4.79 Å². The summed E-state index contributed by atoms with van der Waals surface area (Å²) in [4.78, 5) is 27.1. The third-order valence-electron chi connectivity index (χ3n) is 6.43. The molecule has 0 spiro atoms. The predicted octanol–water partition coefficient (Wildman–Crippen LogP) is 4.87.